The number of benzene rings is 1. The Balaban J connectivity index is 3.03. The van der Waals surface area contributed by atoms with Gasteiger partial charge >= 0.3 is 0 Å². The number of nitrogens with two attached hydrogens (primary N) is 1. The van der Waals surface area contributed by atoms with E-state index in [1.54, 1.807) is 12.1 Å². The molecule has 0 fully saturated rings. The van der Waals surface area contributed by atoms with Crippen LogP contribution in [0.5, 0.6) is 0 Å². The molecule has 0 amide bonds. The predicted molar refractivity (Wildman–Crippen MR) is 80.1 cm³/mol. The van der Waals surface area contributed by atoms with E-state index < -0.39 is 6.43 Å². The van der Waals surface area contributed by atoms with Gasteiger partial charge < -0.3 is 11.1 Å². The molecule has 0 spiro atoms. The minimum absolute atomic E-state index is 0.0198. The lowest BCUT2D eigenvalue weighted by atomic mass is 10.1. The third kappa shape index (κ3) is 4.28. The molecule has 0 aliphatic carbocycles. The predicted octanol–water partition coefficient (Wildman–Crippen LogP) is 3.87. The van der Waals surface area contributed by atoms with Crippen molar-refractivity contribution in [2.45, 2.75) is 20.3 Å². The fraction of sp³-hybridized carbons (Fsp3) is 0.267. The van der Waals surface area contributed by atoms with Crippen LogP contribution in [-0.4, -0.2) is 12.3 Å². The number of halogens is 2. The molecule has 1 aromatic carbocycles. The van der Waals surface area contributed by atoms with Gasteiger partial charge in [-0.2, -0.15) is 0 Å². The molecule has 3 N–H and O–H groups in total. The van der Waals surface area contributed by atoms with Crippen molar-refractivity contribution in [3.63, 3.8) is 0 Å². The Bertz CT molecular complexity index is 534. The van der Waals surface area contributed by atoms with E-state index >= 15 is 0 Å². The van der Waals surface area contributed by atoms with Crippen molar-refractivity contribution in [2.24, 2.45) is 10.7 Å². The first-order valence-corrected chi connectivity index (χ1v) is 6.20. The normalized spacial score (nSPS) is 13.2. The summed E-state index contributed by atoms with van der Waals surface area (Å²) in [6.07, 6.45) is -1.05. The number of nitrogens with zero attached hydrogens (tertiary/aromatic N) is 1. The lowest BCUT2D eigenvalue weighted by molar-refractivity contribution is 0.151. The lowest BCUT2D eigenvalue weighted by Crippen LogP contribution is -2.15. The molecule has 0 radical (unpaired) electrons. The molecule has 0 unspecified atom stereocenters. The van der Waals surface area contributed by atoms with Gasteiger partial charge in [0.25, 0.3) is 6.43 Å². The van der Waals surface area contributed by atoms with Gasteiger partial charge in [0.05, 0.1) is 0 Å². The summed E-state index contributed by atoms with van der Waals surface area (Å²) in [5.41, 5.74) is 8.63. The van der Waals surface area contributed by atoms with E-state index in [1.807, 2.05) is 13.8 Å². The minimum atomic E-state index is -2.49. The van der Waals surface area contributed by atoms with E-state index in [-0.39, 0.29) is 5.56 Å². The van der Waals surface area contributed by atoms with Crippen LogP contribution in [0.2, 0.25) is 0 Å². The zero-order chi connectivity index (χ0) is 15.1. The lowest BCUT2D eigenvalue weighted by Gasteiger charge is -2.13. The molecule has 0 bridgehead atoms. The number of aliphatic imine (C=N–C) groups is 1. The van der Waals surface area contributed by atoms with Crippen molar-refractivity contribution in [1.82, 2.24) is 0 Å². The molecule has 0 saturated carbocycles. The standard InChI is InChI=1S/C15H19F2N3/c1-4-19-10(2)14(9-18)11(3)20-13-7-5-6-12(8-13)15(16)17/h4-8,15,20H,1,9,18H2,2-3H3/b14-11+,19-10?. The maximum absolute atomic E-state index is 12.6. The Kier molecular flexibility index (Phi) is 6.06. The molecule has 108 valence electrons. The molecule has 0 aromatic heterocycles. The largest absolute Gasteiger partial charge is 0.359 e. The van der Waals surface area contributed by atoms with Gasteiger partial charge in [0.2, 0.25) is 0 Å². The second kappa shape index (κ2) is 7.55. The second-order valence-electron chi connectivity index (χ2n) is 4.26. The van der Waals surface area contributed by atoms with E-state index in [0.29, 0.717) is 12.2 Å². The topological polar surface area (TPSA) is 50.4 Å². The first-order valence-electron chi connectivity index (χ1n) is 6.20. The highest BCUT2D eigenvalue weighted by atomic mass is 19.3. The Hall–Kier alpha value is -2.01. The van der Waals surface area contributed by atoms with Gasteiger partial charge in [0, 0.05) is 41.0 Å². The van der Waals surface area contributed by atoms with Crippen molar-refractivity contribution in [2.75, 3.05) is 11.9 Å². The molecular formula is C15H19F2N3. The highest BCUT2D eigenvalue weighted by Gasteiger charge is 2.09. The smallest absolute Gasteiger partial charge is 0.263 e. The SMILES string of the molecule is C=CN=C(C)/C(CN)=C(\C)Nc1cccc(C(F)F)c1. The molecule has 5 heteroatoms. The van der Waals surface area contributed by atoms with E-state index in [4.69, 9.17) is 5.73 Å². The number of rotatable bonds is 6. The number of hydrogen-bond donors (Lipinski definition) is 2. The molecule has 0 atom stereocenters. The van der Waals surface area contributed by atoms with Crippen LogP contribution in [0.4, 0.5) is 14.5 Å². The Morgan fingerprint density at radius 3 is 2.70 bits per heavy atom. The van der Waals surface area contributed by atoms with Gasteiger partial charge in [-0.25, -0.2) is 8.78 Å². The highest BCUT2D eigenvalue weighted by molar-refractivity contribution is 6.00. The average Bonchev–Trinajstić information content (AvgIpc) is 2.40. The molecule has 20 heavy (non-hydrogen) atoms. The summed E-state index contributed by atoms with van der Waals surface area (Å²) in [6.45, 7) is 7.50. The van der Waals surface area contributed by atoms with Gasteiger partial charge in [-0.15, -0.1) is 0 Å². The fourth-order valence-corrected chi connectivity index (χ4v) is 1.83. The van der Waals surface area contributed by atoms with Crippen molar-refractivity contribution in [3.8, 4) is 0 Å². The van der Waals surface area contributed by atoms with Crippen LogP contribution in [0.15, 0.2) is 53.3 Å². The number of alkyl halides is 2. The van der Waals surface area contributed by atoms with Gasteiger partial charge in [0.15, 0.2) is 0 Å². The molecule has 0 aliphatic heterocycles. The van der Waals surface area contributed by atoms with Crippen molar-refractivity contribution in [1.29, 1.82) is 0 Å². The number of anilines is 1. The molecule has 3 nitrogen and oxygen atoms in total. The average molecular weight is 279 g/mol. The van der Waals surface area contributed by atoms with Gasteiger partial charge in [0.1, 0.15) is 0 Å². The molecule has 1 rings (SSSR count). The van der Waals surface area contributed by atoms with Crippen LogP contribution in [0.1, 0.15) is 25.8 Å². The van der Waals surface area contributed by atoms with Crippen LogP contribution in [0.25, 0.3) is 0 Å². The van der Waals surface area contributed by atoms with Gasteiger partial charge in [-0.3, -0.25) is 4.99 Å². The summed E-state index contributed by atoms with van der Waals surface area (Å²) in [7, 11) is 0. The van der Waals surface area contributed by atoms with E-state index in [2.05, 4.69) is 16.9 Å². The summed E-state index contributed by atoms with van der Waals surface area (Å²) in [5, 5.41) is 3.08. The molecule has 0 aliphatic rings. The second-order valence-corrected chi connectivity index (χ2v) is 4.26. The monoisotopic (exact) mass is 279 g/mol. The zero-order valence-electron chi connectivity index (χ0n) is 11.7. The molecular weight excluding hydrogens is 260 g/mol. The Morgan fingerprint density at radius 1 is 1.45 bits per heavy atom. The van der Waals surface area contributed by atoms with Crippen LogP contribution >= 0.6 is 0 Å². The summed E-state index contributed by atoms with van der Waals surface area (Å²) in [5.74, 6) is 0. The minimum Gasteiger partial charge on any atom is -0.359 e. The quantitative estimate of drug-likeness (QED) is 0.776. The maximum atomic E-state index is 12.6. The van der Waals surface area contributed by atoms with Gasteiger partial charge in [-0.1, -0.05) is 18.7 Å². The summed E-state index contributed by atoms with van der Waals surface area (Å²) < 4.78 is 25.3. The first-order chi connectivity index (χ1) is 9.49. The third-order valence-electron chi connectivity index (χ3n) is 2.85. The molecule has 0 saturated heterocycles. The van der Waals surface area contributed by atoms with Crippen LogP contribution in [0, 0.1) is 0 Å². The third-order valence-corrected chi connectivity index (χ3v) is 2.85. The maximum Gasteiger partial charge on any atom is 0.263 e. The van der Waals surface area contributed by atoms with Gasteiger partial charge in [-0.05, 0) is 26.0 Å². The van der Waals surface area contributed by atoms with Crippen molar-refractivity contribution in [3.05, 3.63) is 53.9 Å². The zero-order valence-corrected chi connectivity index (χ0v) is 11.7. The number of nitrogens with one attached hydrogen (secondary N) is 1. The molecule has 1 aromatic rings. The van der Waals surface area contributed by atoms with Crippen LogP contribution in [0.3, 0.4) is 0 Å². The van der Waals surface area contributed by atoms with Crippen molar-refractivity contribution >= 4 is 11.4 Å². The summed E-state index contributed by atoms with van der Waals surface area (Å²) >= 11 is 0. The fourth-order valence-electron chi connectivity index (χ4n) is 1.83. The van der Waals surface area contributed by atoms with Crippen LogP contribution in [-0.2, 0) is 0 Å². The first kappa shape index (κ1) is 16.0. The molecule has 0 heterocycles. The Morgan fingerprint density at radius 2 is 2.15 bits per heavy atom. The summed E-state index contributed by atoms with van der Waals surface area (Å²) in [4.78, 5) is 4.09. The Labute approximate surface area is 117 Å². The van der Waals surface area contributed by atoms with Crippen LogP contribution < -0.4 is 11.1 Å². The van der Waals surface area contributed by atoms with E-state index in [9.17, 15) is 8.78 Å². The van der Waals surface area contributed by atoms with E-state index in [0.717, 1.165) is 17.0 Å². The van der Waals surface area contributed by atoms with E-state index in [1.165, 1.54) is 18.3 Å². The number of hydrogen-bond acceptors (Lipinski definition) is 3. The summed E-state index contributed by atoms with van der Waals surface area (Å²) in [6, 6.07) is 6.12. The highest BCUT2D eigenvalue weighted by Crippen LogP contribution is 2.22. The van der Waals surface area contributed by atoms with Crippen molar-refractivity contribution < 1.29 is 8.78 Å². The number of allylic oxidation sites excluding steroid dienone is 1.